The van der Waals surface area contributed by atoms with E-state index in [1.165, 1.54) is 18.3 Å². The van der Waals surface area contributed by atoms with Crippen LogP contribution in [0.3, 0.4) is 0 Å². The van der Waals surface area contributed by atoms with Crippen molar-refractivity contribution in [2.24, 2.45) is 0 Å². The summed E-state index contributed by atoms with van der Waals surface area (Å²) in [6, 6.07) is 6.24. The van der Waals surface area contributed by atoms with Gasteiger partial charge >= 0.3 is 6.18 Å². The van der Waals surface area contributed by atoms with E-state index in [-0.39, 0.29) is 11.3 Å². The number of phenols is 1. The van der Waals surface area contributed by atoms with Gasteiger partial charge in [-0.2, -0.15) is 13.2 Å². The van der Waals surface area contributed by atoms with Gasteiger partial charge in [0.25, 0.3) is 0 Å². The summed E-state index contributed by atoms with van der Waals surface area (Å²) in [6.45, 7) is 3.74. The summed E-state index contributed by atoms with van der Waals surface area (Å²) in [7, 11) is 0. The SMILES string of the molecule is Oc1ccc2c3ccnc(C(F)(F)F)c3n(CCN3CCOCC3)c2c1. The molecule has 0 bridgehead atoms. The molecule has 1 aromatic carbocycles. The number of halogens is 3. The van der Waals surface area contributed by atoms with Crippen molar-refractivity contribution in [1.82, 2.24) is 14.5 Å². The summed E-state index contributed by atoms with van der Waals surface area (Å²) >= 11 is 0. The van der Waals surface area contributed by atoms with E-state index in [0.29, 0.717) is 42.6 Å². The summed E-state index contributed by atoms with van der Waals surface area (Å²) < 4.78 is 47.6. The van der Waals surface area contributed by atoms with E-state index in [1.54, 1.807) is 16.7 Å². The monoisotopic (exact) mass is 365 g/mol. The fourth-order valence-electron chi connectivity index (χ4n) is 3.54. The van der Waals surface area contributed by atoms with Crippen LogP contribution in [0.4, 0.5) is 13.2 Å². The average molecular weight is 365 g/mol. The fourth-order valence-corrected chi connectivity index (χ4v) is 3.54. The van der Waals surface area contributed by atoms with Crippen LogP contribution in [0.5, 0.6) is 5.75 Å². The zero-order valence-corrected chi connectivity index (χ0v) is 14.0. The number of phenolic OH excluding ortho intramolecular Hbond substituents is 1. The first-order chi connectivity index (χ1) is 12.4. The average Bonchev–Trinajstić information content (AvgIpc) is 2.92. The van der Waals surface area contributed by atoms with E-state index in [0.717, 1.165) is 13.1 Å². The van der Waals surface area contributed by atoms with Gasteiger partial charge in [0.15, 0.2) is 5.69 Å². The van der Waals surface area contributed by atoms with Gasteiger partial charge in [-0.3, -0.25) is 4.90 Å². The zero-order chi connectivity index (χ0) is 18.3. The molecule has 138 valence electrons. The summed E-state index contributed by atoms with van der Waals surface area (Å²) in [5, 5.41) is 11.0. The van der Waals surface area contributed by atoms with E-state index >= 15 is 0 Å². The lowest BCUT2D eigenvalue weighted by Crippen LogP contribution is -2.38. The third kappa shape index (κ3) is 2.99. The molecule has 26 heavy (non-hydrogen) atoms. The molecule has 1 fully saturated rings. The van der Waals surface area contributed by atoms with Crippen LogP contribution in [0.1, 0.15) is 5.69 Å². The molecule has 0 saturated carbocycles. The molecule has 0 radical (unpaired) electrons. The number of hydrogen-bond acceptors (Lipinski definition) is 4. The first kappa shape index (κ1) is 17.1. The van der Waals surface area contributed by atoms with Crippen molar-refractivity contribution in [3.8, 4) is 5.75 Å². The predicted molar refractivity (Wildman–Crippen MR) is 91.2 cm³/mol. The predicted octanol–water partition coefficient (Wildman–Crippen LogP) is 3.25. The lowest BCUT2D eigenvalue weighted by atomic mass is 10.1. The molecule has 5 nitrogen and oxygen atoms in total. The molecule has 0 spiro atoms. The Hall–Kier alpha value is -2.32. The summed E-state index contributed by atoms with van der Waals surface area (Å²) in [4.78, 5) is 5.77. The van der Waals surface area contributed by atoms with Crippen molar-refractivity contribution in [3.63, 3.8) is 0 Å². The molecule has 4 rings (SSSR count). The van der Waals surface area contributed by atoms with Crippen LogP contribution in [0.15, 0.2) is 30.5 Å². The van der Waals surface area contributed by atoms with E-state index < -0.39 is 11.9 Å². The second-order valence-corrected chi connectivity index (χ2v) is 6.36. The normalized spacial score (nSPS) is 16.6. The number of ether oxygens (including phenoxy) is 1. The number of benzene rings is 1. The van der Waals surface area contributed by atoms with Crippen LogP contribution >= 0.6 is 0 Å². The molecule has 0 unspecified atom stereocenters. The van der Waals surface area contributed by atoms with Gasteiger partial charge in [0, 0.05) is 49.2 Å². The highest BCUT2D eigenvalue weighted by Crippen LogP contribution is 2.38. The van der Waals surface area contributed by atoms with Crippen LogP contribution in [-0.4, -0.2) is 52.4 Å². The van der Waals surface area contributed by atoms with Gasteiger partial charge < -0.3 is 14.4 Å². The quantitative estimate of drug-likeness (QED) is 0.774. The summed E-state index contributed by atoms with van der Waals surface area (Å²) in [5.74, 6) is 0.0226. The second-order valence-electron chi connectivity index (χ2n) is 6.36. The maximum absolute atomic E-state index is 13.5. The third-order valence-corrected chi connectivity index (χ3v) is 4.77. The van der Waals surface area contributed by atoms with Crippen molar-refractivity contribution in [2.45, 2.75) is 12.7 Å². The van der Waals surface area contributed by atoms with Crippen LogP contribution < -0.4 is 0 Å². The van der Waals surface area contributed by atoms with Gasteiger partial charge in [-0.1, -0.05) is 0 Å². The van der Waals surface area contributed by atoms with Gasteiger partial charge in [0.2, 0.25) is 0 Å². The van der Waals surface area contributed by atoms with Crippen LogP contribution in [-0.2, 0) is 17.5 Å². The number of morpholine rings is 1. The van der Waals surface area contributed by atoms with Gasteiger partial charge in [0.05, 0.1) is 24.2 Å². The minimum Gasteiger partial charge on any atom is -0.508 e. The standard InChI is InChI=1S/C18H18F3N3O2/c19-18(20,21)17-16-14(3-4-22-17)13-2-1-12(25)11-15(13)24(16)6-5-23-7-9-26-10-8-23/h1-4,11,25H,5-10H2. The number of nitrogens with zero attached hydrogens (tertiary/aromatic N) is 3. The van der Waals surface area contributed by atoms with E-state index in [9.17, 15) is 18.3 Å². The van der Waals surface area contributed by atoms with Crippen molar-refractivity contribution in [3.05, 3.63) is 36.2 Å². The molecule has 0 amide bonds. The molecule has 1 N–H and O–H groups in total. The number of alkyl halides is 3. The summed E-state index contributed by atoms with van der Waals surface area (Å²) in [5.41, 5.74) is -0.256. The van der Waals surface area contributed by atoms with Gasteiger partial charge in [-0.15, -0.1) is 0 Å². The Balaban J connectivity index is 1.87. The van der Waals surface area contributed by atoms with E-state index in [2.05, 4.69) is 9.88 Å². The fraction of sp³-hybridized carbons (Fsp3) is 0.389. The Morgan fingerprint density at radius 3 is 2.58 bits per heavy atom. The van der Waals surface area contributed by atoms with Gasteiger partial charge in [-0.05, 0) is 18.2 Å². The highest BCUT2D eigenvalue weighted by molar-refractivity contribution is 6.09. The first-order valence-corrected chi connectivity index (χ1v) is 8.42. The lowest BCUT2D eigenvalue weighted by molar-refractivity contribution is -0.140. The largest absolute Gasteiger partial charge is 0.508 e. The molecule has 0 aliphatic carbocycles. The molecule has 1 aliphatic rings. The number of aromatic nitrogens is 2. The molecular weight excluding hydrogens is 347 g/mol. The smallest absolute Gasteiger partial charge is 0.435 e. The number of rotatable bonds is 3. The minimum absolute atomic E-state index is 0.0226. The highest BCUT2D eigenvalue weighted by atomic mass is 19.4. The molecule has 3 heterocycles. The second kappa shape index (κ2) is 6.44. The highest BCUT2D eigenvalue weighted by Gasteiger charge is 2.36. The molecule has 3 aromatic rings. The minimum atomic E-state index is -4.55. The zero-order valence-electron chi connectivity index (χ0n) is 14.0. The summed E-state index contributed by atoms with van der Waals surface area (Å²) in [6.07, 6.45) is -3.36. The molecule has 0 atom stereocenters. The van der Waals surface area contributed by atoms with Crippen LogP contribution in [0, 0.1) is 0 Å². The van der Waals surface area contributed by atoms with Crippen molar-refractivity contribution in [1.29, 1.82) is 0 Å². The Bertz CT molecular complexity index is 946. The molecule has 8 heteroatoms. The van der Waals surface area contributed by atoms with E-state index in [4.69, 9.17) is 4.74 Å². The molecule has 1 saturated heterocycles. The molecular formula is C18H18F3N3O2. The Morgan fingerprint density at radius 2 is 1.85 bits per heavy atom. The van der Waals surface area contributed by atoms with Gasteiger partial charge in [0.1, 0.15) is 5.75 Å². The van der Waals surface area contributed by atoms with Crippen LogP contribution in [0.2, 0.25) is 0 Å². The first-order valence-electron chi connectivity index (χ1n) is 8.42. The maximum Gasteiger partial charge on any atom is 0.435 e. The Kier molecular flexibility index (Phi) is 4.24. The van der Waals surface area contributed by atoms with Crippen molar-refractivity contribution < 1.29 is 23.0 Å². The maximum atomic E-state index is 13.5. The Labute approximate surface area is 147 Å². The van der Waals surface area contributed by atoms with Crippen molar-refractivity contribution in [2.75, 3.05) is 32.8 Å². The molecule has 2 aromatic heterocycles. The van der Waals surface area contributed by atoms with Crippen LogP contribution in [0.25, 0.3) is 21.8 Å². The Morgan fingerprint density at radius 1 is 1.08 bits per heavy atom. The number of pyridine rings is 1. The lowest BCUT2D eigenvalue weighted by Gasteiger charge is -2.27. The third-order valence-electron chi connectivity index (χ3n) is 4.77. The number of hydrogen-bond donors (Lipinski definition) is 1. The number of fused-ring (bicyclic) bond motifs is 3. The number of aromatic hydroxyl groups is 1. The topological polar surface area (TPSA) is 50.5 Å². The van der Waals surface area contributed by atoms with Gasteiger partial charge in [-0.25, -0.2) is 4.98 Å². The van der Waals surface area contributed by atoms with Crippen molar-refractivity contribution >= 4 is 21.8 Å². The van der Waals surface area contributed by atoms with E-state index in [1.807, 2.05) is 0 Å². The molecule has 1 aliphatic heterocycles.